The highest BCUT2D eigenvalue weighted by molar-refractivity contribution is 7.80. The molecule has 4 nitrogen and oxygen atoms in total. The number of rotatable bonds is 6. The van der Waals surface area contributed by atoms with Crippen LogP contribution < -0.4 is 10.1 Å². The Bertz CT molecular complexity index is 689. The number of hydrogen-bond donors (Lipinski definition) is 1. The van der Waals surface area contributed by atoms with E-state index in [0.717, 1.165) is 12.0 Å². The van der Waals surface area contributed by atoms with Gasteiger partial charge in [-0.3, -0.25) is 10.1 Å². The summed E-state index contributed by atoms with van der Waals surface area (Å²) in [5.41, 5.74) is 1.66. The highest BCUT2D eigenvalue weighted by Crippen LogP contribution is 2.13. The molecule has 2 aromatic carbocycles. The van der Waals surface area contributed by atoms with Gasteiger partial charge in [-0.05, 0) is 42.4 Å². The van der Waals surface area contributed by atoms with E-state index in [-0.39, 0.29) is 5.91 Å². The van der Waals surface area contributed by atoms with Crippen LogP contribution in [0.3, 0.4) is 0 Å². The Hall–Kier alpha value is -2.40. The molecule has 0 spiro atoms. The van der Waals surface area contributed by atoms with E-state index >= 15 is 0 Å². The first-order chi connectivity index (χ1) is 11.6. The van der Waals surface area contributed by atoms with E-state index < -0.39 is 0 Å². The minimum Gasteiger partial charge on any atom is -0.494 e. The van der Waals surface area contributed by atoms with Crippen molar-refractivity contribution in [3.8, 4) is 5.75 Å². The van der Waals surface area contributed by atoms with E-state index in [9.17, 15) is 4.79 Å². The van der Waals surface area contributed by atoms with Gasteiger partial charge in [0.05, 0.1) is 6.61 Å². The smallest absolute Gasteiger partial charge is 0.257 e. The van der Waals surface area contributed by atoms with Crippen LogP contribution >= 0.6 is 12.2 Å². The van der Waals surface area contributed by atoms with Crippen molar-refractivity contribution in [3.63, 3.8) is 0 Å². The number of ether oxygens (including phenoxy) is 1. The van der Waals surface area contributed by atoms with E-state index in [1.807, 2.05) is 55.3 Å². The number of amides is 1. The Kier molecular flexibility index (Phi) is 6.75. The molecule has 0 saturated heterocycles. The minimum atomic E-state index is -0.234. The van der Waals surface area contributed by atoms with Gasteiger partial charge in [0.1, 0.15) is 5.75 Å². The monoisotopic (exact) mass is 342 g/mol. The Labute approximate surface area is 148 Å². The molecule has 5 heteroatoms. The molecule has 2 aromatic rings. The van der Waals surface area contributed by atoms with Crippen molar-refractivity contribution < 1.29 is 9.53 Å². The maximum Gasteiger partial charge on any atom is 0.257 e. The summed E-state index contributed by atoms with van der Waals surface area (Å²) in [5, 5.41) is 3.15. The van der Waals surface area contributed by atoms with Crippen LogP contribution in [0.4, 0.5) is 0 Å². The lowest BCUT2D eigenvalue weighted by Crippen LogP contribution is -2.40. The second-order valence-electron chi connectivity index (χ2n) is 5.48. The van der Waals surface area contributed by atoms with Crippen molar-refractivity contribution in [1.82, 2.24) is 10.2 Å². The maximum absolute atomic E-state index is 12.4. The first-order valence-corrected chi connectivity index (χ1v) is 8.34. The van der Waals surface area contributed by atoms with Crippen LogP contribution in [-0.2, 0) is 6.54 Å². The lowest BCUT2D eigenvalue weighted by Gasteiger charge is -2.20. The largest absolute Gasteiger partial charge is 0.494 e. The van der Waals surface area contributed by atoms with E-state index in [0.29, 0.717) is 29.6 Å². The zero-order valence-corrected chi connectivity index (χ0v) is 14.8. The van der Waals surface area contributed by atoms with Gasteiger partial charge in [0.2, 0.25) is 0 Å². The fraction of sp³-hybridized carbons (Fsp3) is 0.263. The Morgan fingerprint density at radius 2 is 1.92 bits per heavy atom. The highest BCUT2D eigenvalue weighted by atomic mass is 32.1. The first-order valence-electron chi connectivity index (χ1n) is 7.93. The number of carbonyl (C=O) groups excluding carboxylic acids is 1. The molecule has 0 aliphatic heterocycles. The van der Waals surface area contributed by atoms with Gasteiger partial charge < -0.3 is 9.64 Å². The molecule has 1 N–H and O–H groups in total. The van der Waals surface area contributed by atoms with E-state index in [2.05, 4.69) is 5.32 Å². The lowest BCUT2D eigenvalue weighted by molar-refractivity contribution is 0.0973. The third-order valence-electron chi connectivity index (χ3n) is 3.40. The molecule has 24 heavy (non-hydrogen) atoms. The summed E-state index contributed by atoms with van der Waals surface area (Å²) in [6.45, 7) is 3.31. The van der Waals surface area contributed by atoms with Gasteiger partial charge in [-0.15, -0.1) is 0 Å². The van der Waals surface area contributed by atoms with Crippen molar-refractivity contribution >= 4 is 23.2 Å². The van der Waals surface area contributed by atoms with Crippen LogP contribution in [0.2, 0.25) is 0 Å². The summed E-state index contributed by atoms with van der Waals surface area (Å²) in [6, 6.07) is 17.1. The molecule has 0 aliphatic rings. The summed E-state index contributed by atoms with van der Waals surface area (Å²) < 4.78 is 5.55. The maximum atomic E-state index is 12.4. The Morgan fingerprint density at radius 3 is 2.62 bits per heavy atom. The normalized spacial score (nSPS) is 10.1. The molecule has 0 unspecified atom stereocenters. The number of nitrogens with zero attached hydrogens (tertiary/aromatic N) is 1. The van der Waals surface area contributed by atoms with Crippen molar-refractivity contribution in [2.24, 2.45) is 0 Å². The number of carbonyl (C=O) groups is 1. The van der Waals surface area contributed by atoms with Crippen molar-refractivity contribution in [2.45, 2.75) is 19.9 Å². The minimum absolute atomic E-state index is 0.234. The zero-order valence-electron chi connectivity index (χ0n) is 14.0. The van der Waals surface area contributed by atoms with Crippen LogP contribution in [-0.4, -0.2) is 29.6 Å². The van der Waals surface area contributed by atoms with Gasteiger partial charge in [-0.25, -0.2) is 0 Å². The quantitative estimate of drug-likeness (QED) is 0.814. The molecule has 0 fully saturated rings. The SMILES string of the molecule is CCCOc1cccc(C(=O)NC(=S)N(C)Cc2ccccc2)c1. The molecule has 0 heterocycles. The molecular weight excluding hydrogens is 320 g/mol. The molecule has 0 bridgehead atoms. The second-order valence-corrected chi connectivity index (χ2v) is 5.86. The number of thiocarbonyl (C=S) groups is 1. The van der Waals surface area contributed by atoms with Crippen LogP contribution in [0, 0.1) is 0 Å². The third kappa shape index (κ3) is 5.35. The predicted molar refractivity (Wildman–Crippen MR) is 100 cm³/mol. The van der Waals surface area contributed by atoms with Crippen molar-refractivity contribution in [1.29, 1.82) is 0 Å². The molecule has 0 radical (unpaired) electrons. The molecule has 126 valence electrons. The van der Waals surface area contributed by atoms with Gasteiger partial charge in [0.15, 0.2) is 5.11 Å². The fourth-order valence-electron chi connectivity index (χ4n) is 2.14. The van der Waals surface area contributed by atoms with Gasteiger partial charge >= 0.3 is 0 Å². The highest BCUT2D eigenvalue weighted by Gasteiger charge is 2.12. The molecule has 0 saturated carbocycles. The number of hydrogen-bond acceptors (Lipinski definition) is 3. The van der Waals surface area contributed by atoms with Gasteiger partial charge in [0.25, 0.3) is 5.91 Å². The molecule has 0 aromatic heterocycles. The predicted octanol–water partition coefficient (Wildman–Crippen LogP) is 3.62. The van der Waals surface area contributed by atoms with E-state index in [1.54, 1.807) is 18.2 Å². The standard InChI is InChI=1S/C19H22N2O2S/c1-3-12-23-17-11-7-10-16(13-17)18(22)20-19(24)21(2)14-15-8-5-4-6-9-15/h4-11,13H,3,12,14H2,1-2H3,(H,20,22,24). The average molecular weight is 342 g/mol. The molecular formula is C19H22N2O2S. The van der Waals surface area contributed by atoms with Gasteiger partial charge in [-0.1, -0.05) is 43.3 Å². The number of nitrogens with one attached hydrogen (secondary N) is 1. The Morgan fingerprint density at radius 1 is 1.17 bits per heavy atom. The first kappa shape index (κ1) is 17.9. The summed E-state index contributed by atoms with van der Waals surface area (Å²) in [7, 11) is 1.86. The molecule has 0 atom stereocenters. The summed E-state index contributed by atoms with van der Waals surface area (Å²) in [5.74, 6) is 0.454. The van der Waals surface area contributed by atoms with E-state index in [1.165, 1.54) is 0 Å². The molecule has 2 rings (SSSR count). The zero-order chi connectivity index (χ0) is 17.4. The average Bonchev–Trinajstić information content (AvgIpc) is 2.61. The van der Waals surface area contributed by atoms with E-state index in [4.69, 9.17) is 17.0 Å². The fourth-order valence-corrected chi connectivity index (χ4v) is 2.30. The summed E-state index contributed by atoms with van der Waals surface area (Å²) in [4.78, 5) is 14.2. The number of benzene rings is 2. The van der Waals surface area contributed by atoms with Gasteiger partial charge in [-0.2, -0.15) is 0 Å². The van der Waals surface area contributed by atoms with Crippen LogP contribution in [0.25, 0.3) is 0 Å². The van der Waals surface area contributed by atoms with Crippen LogP contribution in [0.15, 0.2) is 54.6 Å². The van der Waals surface area contributed by atoms with Crippen LogP contribution in [0.1, 0.15) is 29.3 Å². The lowest BCUT2D eigenvalue weighted by atomic mass is 10.2. The van der Waals surface area contributed by atoms with Crippen molar-refractivity contribution in [3.05, 3.63) is 65.7 Å². The summed E-state index contributed by atoms with van der Waals surface area (Å²) >= 11 is 5.32. The van der Waals surface area contributed by atoms with Crippen molar-refractivity contribution in [2.75, 3.05) is 13.7 Å². The van der Waals surface area contributed by atoms with Crippen LogP contribution in [0.5, 0.6) is 5.75 Å². The summed E-state index contributed by atoms with van der Waals surface area (Å²) in [6.07, 6.45) is 0.921. The third-order valence-corrected chi connectivity index (χ3v) is 3.81. The van der Waals surface area contributed by atoms with Gasteiger partial charge in [0, 0.05) is 19.2 Å². The molecule has 1 amide bonds. The second kappa shape index (κ2) is 9.03. The molecule has 0 aliphatic carbocycles. The topological polar surface area (TPSA) is 41.6 Å². The Balaban J connectivity index is 1.94.